The smallest absolute Gasteiger partial charge is 0.191 e. The lowest BCUT2D eigenvalue weighted by Crippen LogP contribution is -2.69. The molecule has 0 aromatic carbocycles. The summed E-state index contributed by atoms with van der Waals surface area (Å²) >= 11 is 0. The first-order valence-electron chi connectivity index (χ1n) is 8.83. The Morgan fingerprint density at radius 2 is 2.17 bits per heavy atom. The van der Waals surface area contributed by atoms with Crippen LogP contribution in [-0.2, 0) is 11.2 Å². The van der Waals surface area contributed by atoms with Crippen molar-refractivity contribution >= 4 is 5.96 Å². The number of aliphatic imine (C=N–C) groups is 1. The highest BCUT2D eigenvalue weighted by Crippen LogP contribution is 2.51. The Kier molecular flexibility index (Phi) is 5.86. The highest BCUT2D eigenvalue weighted by molar-refractivity contribution is 5.80. The Balaban J connectivity index is 1.96. The van der Waals surface area contributed by atoms with Crippen LogP contribution >= 0.6 is 0 Å². The summed E-state index contributed by atoms with van der Waals surface area (Å²) in [4.78, 5) is 8.88. The molecule has 2 unspecified atom stereocenters. The second-order valence-electron chi connectivity index (χ2n) is 7.37. The predicted molar refractivity (Wildman–Crippen MR) is 99.4 cm³/mol. The van der Waals surface area contributed by atoms with Gasteiger partial charge in [-0.15, -0.1) is 0 Å². The van der Waals surface area contributed by atoms with Gasteiger partial charge in [0.1, 0.15) is 0 Å². The zero-order valence-electron chi connectivity index (χ0n) is 15.9. The topological polar surface area (TPSA) is 58.5 Å². The third-order valence-electron chi connectivity index (χ3n) is 5.72. The maximum absolute atomic E-state index is 5.71. The number of hydrogen-bond donors (Lipinski definition) is 2. The molecule has 0 radical (unpaired) electrons. The van der Waals surface area contributed by atoms with E-state index in [-0.39, 0.29) is 11.0 Å². The first-order valence-corrected chi connectivity index (χ1v) is 8.83. The van der Waals surface area contributed by atoms with E-state index in [0.717, 1.165) is 31.9 Å². The van der Waals surface area contributed by atoms with Gasteiger partial charge in [0, 0.05) is 44.0 Å². The van der Waals surface area contributed by atoms with Gasteiger partial charge in [-0.2, -0.15) is 0 Å². The molecule has 1 aliphatic rings. The average molecular weight is 332 g/mol. The van der Waals surface area contributed by atoms with Gasteiger partial charge in [0.2, 0.25) is 0 Å². The molecular weight excluding hydrogens is 300 g/mol. The number of nitrogens with zero attached hydrogens (tertiary/aromatic N) is 2. The van der Waals surface area contributed by atoms with Gasteiger partial charge in [-0.1, -0.05) is 13.8 Å². The number of methoxy groups -OCH3 is 1. The van der Waals surface area contributed by atoms with Crippen LogP contribution in [0.3, 0.4) is 0 Å². The molecule has 5 heteroatoms. The molecule has 1 aromatic heterocycles. The molecule has 0 bridgehead atoms. The fourth-order valence-electron chi connectivity index (χ4n) is 3.28. The average Bonchev–Trinajstić information content (AvgIpc) is 2.56. The van der Waals surface area contributed by atoms with E-state index in [1.165, 1.54) is 11.1 Å². The summed E-state index contributed by atoms with van der Waals surface area (Å²) in [5.74, 6) is 0.889. The molecule has 1 heterocycles. The van der Waals surface area contributed by atoms with Crippen LogP contribution in [0, 0.1) is 12.3 Å². The van der Waals surface area contributed by atoms with Crippen LogP contribution in [0.4, 0.5) is 0 Å². The van der Waals surface area contributed by atoms with E-state index >= 15 is 0 Å². The van der Waals surface area contributed by atoms with Crippen LogP contribution in [0.15, 0.2) is 23.5 Å². The second-order valence-corrected chi connectivity index (χ2v) is 7.37. The van der Waals surface area contributed by atoms with E-state index in [1.54, 1.807) is 7.11 Å². The summed E-state index contributed by atoms with van der Waals surface area (Å²) in [5.41, 5.74) is 2.53. The van der Waals surface area contributed by atoms with Gasteiger partial charge in [0.25, 0.3) is 0 Å². The Morgan fingerprint density at radius 3 is 2.75 bits per heavy atom. The summed E-state index contributed by atoms with van der Waals surface area (Å²) in [5, 5.41) is 6.93. The third kappa shape index (κ3) is 3.72. The lowest BCUT2D eigenvalue weighted by Gasteiger charge is -2.59. The molecule has 5 nitrogen and oxygen atoms in total. The molecule has 0 spiro atoms. The van der Waals surface area contributed by atoms with Gasteiger partial charge in [0.15, 0.2) is 5.96 Å². The van der Waals surface area contributed by atoms with Crippen molar-refractivity contribution in [1.82, 2.24) is 15.6 Å². The minimum absolute atomic E-state index is 0.0691. The summed E-state index contributed by atoms with van der Waals surface area (Å²) in [6.07, 6.45) is 5.67. The second kappa shape index (κ2) is 7.51. The van der Waals surface area contributed by atoms with Crippen LogP contribution in [-0.4, -0.2) is 42.8 Å². The first-order chi connectivity index (χ1) is 11.3. The lowest BCUT2D eigenvalue weighted by atomic mass is 9.56. The molecule has 1 aliphatic carbocycles. The molecule has 1 fully saturated rings. The van der Waals surface area contributed by atoms with E-state index in [4.69, 9.17) is 9.73 Å². The van der Waals surface area contributed by atoms with E-state index < -0.39 is 0 Å². The standard InChI is InChI=1S/C19H32N4O/c1-7-21-17(22-11-9-15-8-10-20-13-14(15)2)23-16-12-19(5,24-6)18(16,3)4/h8,10,13,16H,7,9,11-12H2,1-6H3,(H2,21,22,23). The minimum atomic E-state index is -0.0733. The molecule has 2 N–H and O–H groups in total. The van der Waals surface area contributed by atoms with Gasteiger partial charge >= 0.3 is 0 Å². The highest BCUT2D eigenvalue weighted by Gasteiger charge is 2.58. The van der Waals surface area contributed by atoms with Gasteiger partial charge in [-0.3, -0.25) is 9.98 Å². The van der Waals surface area contributed by atoms with E-state index in [9.17, 15) is 0 Å². The number of ether oxygens (including phenoxy) is 1. The number of nitrogens with one attached hydrogen (secondary N) is 2. The quantitative estimate of drug-likeness (QED) is 0.621. The monoisotopic (exact) mass is 332 g/mol. The Hall–Kier alpha value is -1.62. The molecule has 0 aliphatic heterocycles. The maximum atomic E-state index is 5.71. The normalized spacial score (nSPS) is 25.9. The minimum Gasteiger partial charge on any atom is -0.378 e. The van der Waals surface area contributed by atoms with Crippen molar-refractivity contribution in [3.05, 3.63) is 29.6 Å². The SMILES string of the molecule is CCNC(=NCCc1ccncc1C)NC1CC(C)(OC)C1(C)C. The third-order valence-corrected chi connectivity index (χ3v) is 5.72. The fourth-order valence-corrected chi connectivity index (χ4v) is 3.28. The number of pyridine rings is 1. The van der Waals surface area contributed by atoms with E-state index in [2.05, 4.69) is 56.3 Å². The summed E-state index contributed by atoms with van der Waals surface area (Å²) in [7, 11) is 1.80. The number of aryl methyl sites for hydroxylation is 1. The molecule has 2 rings (SSSR count). The van der Waals surface area contributed by atoms with Crippen LogP contribution in [0.2, 0.25) is 0 Å². The number of hydrogen-bond acceptors (Lipinski definition) is 3. The fraction of sp³-hybridized carbons (Fsp3) is 0.684. The summed E-state index contributed by atoms with van der Waals surface area (Å²) in [6.45, 7) is 12.5. The maximum Gasteiger partial charge on any atom is 0.191 e. The Morgan fingerprint density at radius 1 is 1.42 bits per heavy atom. The summed E-state index contributed by atoms with van der Waals surface area (Å²) < 4.78 is 5.71. The van der Waals surface area contributed by atoms with Crippen molar-refractivity contribution in [1.29, 1.82) is 0 Å². The van der Waals surface area contributed by atoms with E-state index in [1.807, 2.05) is 12.4 Å². The molecule has 2 atom stereocenters. The molecular formula is C19H32N4O. The molecule has 1 aromatic rings. The highest BCUT2D eigenvalue weighted by atomic mass is 16.5. The van der Waals surface area contributed by atoms with Crippen molar-refractivity contribution in [3.8, 4) is 0 Å². The molecule has 1 saturated carbocycles. The molecule has 134 valence electrons. The lowest BCUT2D eigenvalue weighted by molar-refractivity contribution is -0.176. The number of rotatable bonds is 6. The van der Waals surface area contributed by atoms with Gasteiger partial charge in [0.05, 0.1) is 5.60 Å². The van der Waals surface area contributed by atoms with Crippen LogP contribution in [0.1, 0.15) is 45.2 Å². The zero-order valence-corrected chi connectivity index (χ0v) is 15.9. The van der Waals surface area contributed by atoms with E-state index in [0.29, 0.717) is 6.04 Å². The summed E-state index contributed by atoms with van der Waals surface area (Å²) in [6, 6.07) is 2.44. The largest absolute Gasteiger partial charge is 0.378 e. The van der Waals surface area contributed by atoms with Crippen molar-refractivity contribution in [3.63, 3.8) is 0 Å². The van der Waals surface area contributed by atoms with Crippen molar-refractivity contribution < 1.29 is 4.74 Å². The Bertz CT molecular complexity index is 584. The first kappa shape index (κ1) is 18.7. The van der Waals surface area contributed by atoms with Gasteiger partial charge in [-0.05, 0) is 50.8 Å². The van der Waals surface area contributed by atoms with Gasteiger partial charge in [-0.25, -0.2) is 0 Å². The van der Waals surface area contributed by atoms with Crippen LogP contribution < -0.4 is 10.6 Å². The van der Waals surface area contributed by atoms with Gasteiger partial charge < -0.3 is 15.4 Å². The van der Waals surface area contributed by atoms with Crippen molar-refractivity contribution in [2.45, 2.75) is 59.1 Å². The Labute approximate surface area is 146 Å². The molecule has 0 saturated heterocycles. The molecule has 0 amide bonds. The van der Waals surface area contributed by atoms with Crippen molar-refractivity contribution in [2.75, 3.05) is 20.2 Å². The molecule has 24 heavy (non-hydrogen) atoms. The van der Waals surface area contributed by atoms with Crippen LogP contribution in [0.25, 0.3) is 0 Å². The number of guanidine groups is 1. The predicted octanol–water partition coefficient (Wildman–Crippen LogP) is 2.69. The van der Waals surface area contributed by atoms with Crippen LogP contribution in [0.5, 0.6) is 0 Å². The zero-order chi connectivity index (χ0) is 17.8. The van der Waals surface area contributed by atoms with Crippen molar-refractivity contribution in [2.24, 2.45) is 10.4 Å². The number of aromatic nitrogens is 1.